The molecule has 0 atom stereocenters. The summed E-state index contributed by atoms with van der Waals surface area (Å²) in [6, 6.07) is 7.85. The van der Waals surface area contributed by atoms with Crippen molar-refractivity contribution in [3.63, 3.8) is 0 Å². The number of aromatic nitrogens is 2. The van der Waals surface area contributed by atoms with Crippen molar-refractivity contribution in [1.82, 2.24) is 9.97 Å². The maximum Gasteiger partial charge on any atom is 0.223 e. The lowest BCUT2D eigenvalue weighted by molar-refractivity contribution is 1.12. The van der Waals surface area contributed by atoms with E-state index in [1.807, 2.05) is 6.07 Å². The van der Waals surface area contributed by atoms with Gasteiger partial charge < -0.3 is 16.8 Å². The van der Waals surface area contributed by atoms with E-state index < -0.39 is 0 Å². The Morgan fingerprint density at radius 1 is 1.22 bits per heavy atom. The van der Waals surface area contributed by atoms with E-state index in [1.165, 1.54) is 5.56 Å². The lowest BCUT2D eigenvalue weighted by Gasteiger charge is -2.13. The molecule has 0 saturated carbocycles. The number of anilines is 4. The molecule has 94 valence electrons. The van der Waals surface area contributed by atoms with Gasteiger partial charge in [-0.05, 0) is 24.5 Å². The molecule has 1 aromatic heterocycles. The van der Waals surface area contributed by atoms with Crippen molar-refractivity contribution in [3.05, 3.63) is 35.4 Å². The van der Waals surface area contributed by atoms with Crippen molar-refractivity contribution < 1.29 is 0 Å². The van der Waals surface area contributed by atoms with E-state index in [0.29, 0.717) is 11.6 Å². The van der Waals surface area contributed by atoms with Gasteiger partial charge in [-0.1, -0.05) is 25.1 Å². The second kappa shape index (κ2) is 4.91. The first-order valence-corrected chi connectivity index (χ1v) is 5.85. The summed E-state index contributed by atoms with van der Waals surface area (Å²) in [6.07, 6.45) is 0.945. The molecule has 0 spiro atoms. The number of hydrogen-bond acceptors (Lipinski definition) is 5. The highest BCUT2D eigenvalue weighted by atomic mass is 15.1. The summed E-state index contributed by atoms with van der Waals surface area (Å²) in [7, 11) is 0. The van der Waals surface area contributed by atoms with Crippen molar-refractivity contribution in [2.75, 3.05) is 16.8 Å². The molecule has 1 aromatic carbocycles. The van der Waals surface area contributed by atoms with Gasteiger partial charge >= 0.3 is 0 Å². The number of benzene rings is 1. The molecule has 0 radical (unpaired) electrons. The average molecular weight is 243 g/mol. The van der Waals surface area contributed by atoms with Crippen LogP contribution in [0.1, 0.15) is 18.1 Å². The second-order valence-corrected chi connectivity index (χ2v) is 4.12. The number of nitrogens with zero attached hydrogens (tertiary/aromatic N) is 2. The molecule has 2 rings (SSSR count). The van der Waals surface area contributed by atoms with Crippen LogP contribution in [-0.4, -0.2) is 9.97 Å². The zero-order valence-electron chi connectivity index (χ0n) is 10.6. The maximum atomic E-state index is 5.65. The van der Waals surface area contributed by atoms with Crippen LogP contribution in [0.5, 0.6) is 0 Å². The van der Waals surface area contributed by atoms with E-state index in [1.54, 1.807) is 6.07 Å². The lowest BCUT2D eigenvalue weighted by Crippen LogP contribution is -2.05. The van der Waals surface area contributed by atoms with E-state index in [2.05, 4.69) is 41.3 Å². The summed E-state index contributed by atoms with van der Waals surface area (Å²) in [6.45, 7) is 4.16. The first-order valence-electron chi connectivity index (χ1n) is 5.85. The predicted molar refractivity (Wildman–Crippen MR) is 74.7 cm³/mol. The van der Waals surface area contributed by atoms with Gasteiger partial charge in [-0.25, -0.2) is 0 Å². The number of rotatable bonds is 3. The first kappa shape index (κ1) is 12.2. The number of hydrogen-bond donors (Lipinski definition) is 3. The first-order chi connectivity index (χ1) is 8.60. The molecule has 1 heterocycles. The van der Waals surface area contributed by atoms with Crippen molar-refractivity contribution in [2.45, 2.75) is 20.3 Å². The van der Waals surface area contributed by atoms with Crippen LogP contribution >= 0.6 is 0 Å². The number of aryl methyl sites for hydroxylation is 2. The Bertz CT molecular complexity index is 545. The third-order valence-corrected chi connectivity index (χ3v) is 2.76. The molecular weight excluding hydrogens is 226 g/mol. The molecule has 0 fully saturated rings. The molecule has 5 N–H and O–H groups in total. The van der Waals surface area contributed by atoms with Crippen LogP contribution in [-0.2, 0) is 6.42 Å². The minimum atomic E-state index is 0.170. The van der Waals surface area contributed by atoms with Gasteiger partial charge in [0.05, 0.1) is 0 Å². The zero-order chi connectivity index (χ0) is 13.1. The third-order valence-electron chi connectivity index (χ3n) is 2.76. The molecule has 0 saturated heterocycles. The highest BCUT2D eigenvalue weighted by molar-refractivity contribution is 5.66. The Balaban J connectivity index is 2.39. The molecular formula is C13H17N5. The van der Waals surface area contributed by atoms with Gasteiger partial charge in [-0.15, -0.1) is 0 Å². The number of nitrogen functional groups attached to an aromatic ring is 2. The van der Waals surface area contributed by atoms with Gasteiger partial charge in [-0.3, -0.25) is 0 Å². The summed E-state index contributed by atoms with van der Waals surface area (Å²) >= 11 is 0. The van der Waals surface area contributed by atoms with Crippen LogP contribution in [0.2, 0.25) is 0 Å². The fourth-order valence-electron chi connectivity index (χ4n) is 1.88. The van der Waals surface area contributed by atoms with Gasteiger partial charge in [0.2, 0.25) is 5.95 Å². The quantitative estimate of drug-likeness (QED) is 0.769. The molecule has 0 aliphatic carbocycles. The minimum absolute atomic E-state index is 0.170. The van der Waals surface area contributed by atoms with Crippen LogP contribution in [0.4, 0.5) is 23.3 Å². The molecule has 0 amide bonds. The highest BCUT2D eigenvalue weighted by Gasteiger charge is 2.06. The minimum Gasteiger partial charge on any atom is -0.383 e. The summed E-state index contributed by atoms with van der Waals surface area (Å²) in [5, 5.41) is 3.26. The number of para-hydroxylation sites is 1. The summed E-state index contributed by atoms with van der Waals surface area (Å²) in [5.74, 6) is 1.14. The molecule has 0 bridgehead atoms. The van der Waals surface area contributed by atoms with Crippen LogP contribution < -0.4 is 16.8 Å². The summed E-state index contributed by atoms with van der Waals surface area (Å²) < 4.78 is 0. The molecule has 18 heavy (non-hydrogen) atoms. The normalized spacial score (nSPS) is 10.3. The zero-order valence-corrected chi connectivity index (χ0v) is 10.6. The van der Waals surface area contributed by atoms with Gasteiger partial charge in [0, 0.05) is 11.8 Å². The topological polar surface area (TPSA) is 89.8 Å². The van der Waals surface area contributed by atoms with E-state index in [4.69, 9.17) is 11.5 Å². The van der Waals surface area contributed by atoms with Crippen molar-refractivity contribution >= 4 is 23.3 Å². The van der Waals surface area contributed by atoms with Crippen LogP contribution in [0, 0.1) is 6.92 Å². The van der Waals surface area contributed by atoms with Gasteiger partial charge in [-0.2, -0.15) is 9.97 Å². The highest BCUT2D eigenvalue weighted by Crippen LogP contribution is 2.25. The maximum absolute atomic E-state index is 5.65. The monoisotopic (exact) mass is 243 g/mol. The Morgan fingerprint density at radius 2 is 2.00 bits per heavy atom. The molecule has 0 aliphatic heterocycles. The Kier molecular flexibility index (Phi) is 3.32. The summed E-state index contributed by atoms with van der Waals surface area (Å²) in [5.41, 5.74) is 14.7. The number of nitrogens with one attached hydrogen (secondary N) is 1. The Labute approximate surface area is 106 Å². The molecule has 0 aliphatic rings. The second-order valence-electron chi connectivity index (χ2n) is 4.12. The van der Waals surface area contributed by atoms with E-state index in [0.717, 1.165) is 17.7 Å². The van der Waals surface area contributed by atoms with E-state index >= 15 is 0 Å². The third kappa shape index (κ3) is 2.51. The van der Waals surface area contributed by atoms with E-state index in [-0.39, 0.29) is 5.95 Å². The largest absolute Gasteiger partial charge is 0.383 e. The van der Waals surface area contributed by atoms with Crippen LogP contribution in [0.3, 0.4) is 0 Å². The Morgan fingerprint density at radius 3 is 2.67 bits per heavy atom. The number of nitrogens with two attached hydrogens (primary N) is 2. The molecule has 5 heteroatoms. The van der Waals surface area contributed by atoms with Crippen molar-refractivity contribution in [3.8, 4) is 0 Å². The fourth-order valence-corrected chi connectivity index (χ4v) is 1.88. The SMILES string of the molecule is CCc1cccc(C)c1Nc1cc(N)nc(N)n1. The fraction of sp³-hybridized carbons (Fsp3) is 0.231. The van der Waals surface area contributed by atoms with Crippen LogP contribution in [0.25, 0.3) is 0 Å². The standard InChI is InChI=1S/C13H17N5/c1-3-9-6-4-5-8(2)12(9)17-11-7-10(14)16-13(15)18-11/h4-7H,3H2,1-2H3,(H5,14,15,16,17,18). The molecule has 0 unspecified atom stereocenters. The summed E-state index contributed by atoms with van der Waals surface area (Å²) in [4.78, 5) is 7.97. The van der Waals surface area contributed by atoms with Crippen molar-refractivity contribution in [1.29, 1.82) is 0 Å². The predicted octanol–water partition coefficient (Wildman–Crippen LogP) is 2.26. The van der Waals surface area contributed by atoms with Gasteiger partial charge in [0.15, 0.2) is 0 Å². The smallest absolute Gasteiger partial charge is 0.223 e. The van der Waals surface area contributed by atoms with Crippen molar-refractivity contribution in [2.24, 2.45) is 0 Å². The van der Waals surface area contributed by atoms with Gasteiger partial charge in [0.1, 0.15) is 11.6 Å². The van der Waals surface area contributed by atoms with Crippen LogP contribution in [0.15, 0.2) is 24.3 Å². The average Bonchev–Trinajstić information content (AvgIpc) is 2.30. The molecule has 2 aromatic rings. The van der Waals surface area contributed by atoms with E-state index in [9.17, 15) is 0 Å². The van der Waals surface area contributed by atoms with Gasteiger partial charge in [0.25, 0.3) is 0 Å². The molecule has 5 nitrogen and oxygen atoms in total. The lowest BCUT2D eigenvalue weighted by atomic mass is 10.1. The Hall–Kier alpha value is -2.30.